The molecular weight excluding hydrogens is 166 g/mol. The van der Waals surface area contributed by atoms with Gasteiger partial charge in [-0.1, -0.05) is 24.3 Å². The summed E-state index contributed by atoms with van der Waals surface area (Å²) in [5, 5.41) is 0. The molecule has 3 heteroatoms. The van der Waals surface area contributed by atoms with E-state index >= 15 is 0 Å². The lowest BCUT2D eigenvalue weighted by molar-refractivity contribution is -0.139. The van der Waals surface area contributed by atoms with E-state index in [0.717, 1.165) is 5.56 Å². The molecule has 0 aliphatic heterocycles. The Morgan fingerprint density at radius 2 is 2.38 bits per heavy atom. The third-order valence-corrected chi connectivity index (χ3v) is 1.62. The van der Waals surface area contributed by atoms with Crippen LogP contribution in [0.4, 0.5) is 5.69 Å². The first kappa shape index (κ1) is 9.27. The van der Waals surface area contributed by atoms with Crippen molar-refractivity contribution in [1.82, 2.24) is 0 Å². The number of hydrogen-bond acceptors (Lipinski definition) is 2. The fourth-order valence-corrected chi connectivity index (χ4v) is 0.975. The van der Waals surface area contributed by atoms with Gasteiger partial charge in [0.2, 0.25) is 0 Å². The summed E-state index contributed by atoms with van der Waals surface area (Å²) in [6, 6.07) is 6.94. The van der Waals surface area contributed by atoms with Crippen molar-refractivity contribution < 1.29 is 9.53 Å². The average molecular weight is 175 g/mol. The summed E-state index contributed by atoms with van der Waals surface area (Å²) in [5.74, 6) is -0.290. The molecule has 0 spiro atoms. The van der Waals surface area contributed by atoms with E-state index in [9.17, 15) is 4.79 Å². The Hall–Kier alpha value is -1.82. The predicted molar refractivity (Wildman–Crippen MR) is 48.4 cm³/mol. The molecule has 0 aliphatic rings. The Kier molecular flexibility index (Phi) is 3.04. The second kappa shape index (κ2) is 4.27. The summed E-state index contributed by atoms with van der Waals surface area (Å²) < 4.78 is 4.51. The molecule has 0 fully saturated rings. The van der Waals surface area contributed by atoms with Gasteiger partial charge in [0.1, 0.15) is 0 Å². The van der Waals surface area contributed by atoms with Crippen molar-refractivity contribution in [2.75, 3.05) is 7.11 Å². The highest BCUT2D eigenvalue weighted by Gasteiger charge is 2.02. The van der Waals surface area contributed by atoms with Gasteiger partial charge in [-0.05, 0) is 5.56 Å². The van der Waals surface area contributed by atoms with Crippen molar-refractivity contribution in [3.05, 3.63) is 41.2 Å². The molecule has 0 amide bonds. The molecule has 0 aromatic heterocycles. The number of esters is 1. The zero-order valence-electron chi connectivity index (χ0n) is 7.28. The number of benzene rings is 1. The summed E-state index contributed by atoms with van der Waals surface area (Å²) in [7, 11) is 1.35. The van der Waals surface area contributed by atoms with Gasteiger partial charge in [0.05, 0.1) is 20.1 Å². The van der Waals surface area contributed by atoms with Crippen molar-refractivity contribution in [2.45, 2.75) is 6.42 Å². The number of rotatable bonds is 2. The van der Waals surface area contributed by atoms with Gasteiger partial charge >= 0.3 is 5.97 Å². The van der Waals surface area contributed by atoms with E-state index < -0.39 is 0 Å². The highest BCUT2D eigenvalue weighted by atomic mass is 16.5. The fourth-order valence-electron chi connectivity index (χ4n) is 0.975. The maximum absolute atomic E-state index is 10.9. The molecule has 1 aromatic rings. The van der Waals surface area contributed by atoms with Crippen molar-refractivity contribution >= 4 is 11.7 Å². The van der Waals surface area contributed by atoms with Crippen LogP contribution in [0.2, 0.25) is 0 Å². The largest absolute Gasteiger partial charge is 0.469 e. The lowest BCUT2D eigenvalue weighted by Gasteiger charge is -1.99. The standard InChI is InChI=1S/C10H9NO2/c1-11-9-5-3-4-8(6-9)7-10(12)13-2/h3-6H,7H2,2H3. The third-order valence-electron chi connectivity index (χ3n) is 1.62. The quantitative estimate of drug-likeness (QED) is 0.508. The van der Waals surface area contributed by atoms with Crippen LogP contribution in [0.15, 0.2) is 24.3 Å². The van der Waals surface area contributed by atoms with E-state index in [1.807, 2.05) is 0 Å². The number of methoxy groups -OCH3 is 1. The predicted octanol–water partition coefficient (Wildman–Crippen LogP) is 1.95. The summed E-state index contributed by atoms with van der Waals surface area (Å²) in [6.45, 7) is 6.78. The Bertz CT molecular complexity index is 352. The van der Waals surface area contributed by atoms with Gasteiger partial charge in [0.25, 0.3) is 0 Å². The molecule has 3 nitrogen and oxygen atoms in total. The van der Waals surface area contributed by atoms with Crippen LogP contribution in [0, 0.1) is 6.57 Å². The number of nitrogens with zero attached hydrogens (tertiary/aromatic N) is 1. The van der Waals surface area contributed by atoms with Crippen molar-refractivity contribution in [3.63, 3.8) is 0 Å². The highest BCUT2D eigenvalue weighted by molar-refractivity contribution is 5.72. The molecule has 0 atom stereocenters. The van der Waals surface area contributed by atoms with Crippen molar-refractivity contribution in [1.29, 1.82) is 0 Å². The SMILES string of the molecule is [C-]#[N+]c1cccc(CC(=O)OC)c1. The molecule has 1 rings (SSSR count). The van der Waals surface area contributed by atoms with Gasteiger partial charge in [-0.25, -0.2) is 4.85 Å². The zero-order valence-corrected chi connectivity index (χ0v) is 7.28. The molecule has 0 unspecified atom stereocenters. The molecule has 0 bridgehead atoms. The van der Waals surface area contributed by atoms with E-state index in [-0.39, 0.29) is 12.4 Å². The summed E-state index contributed by atoms with van der Waals surface area (Å²) in [5.41, 5.74) is 1.35. The first-order valence-corrected chi connectivity index (χ1v) is 3.79. The van der Waals surface area contributed by atoms with Gasteiger partial charge in [-0.15, -0.1) is 0 Å². The second-order valence-electron chi connectivity index (χ2n) is 2.53. The van der Waals surface area contributed by atoms with Crippen LogP contribution in [0.3, 0.4) is 0 Å². The maximum Gasteiger partial charge on any atom is 0.309 e. The normalized spacial score (nSPS) is 8.92. The van der Waals surface area contributed by atoms with E-state index in [1.54, 1.807) is 24.3 Å². The van der Waals surface area contributed by atoms with Crippen LogP contribution in [0.1, 0.15) is 5.56 Å². The van der Waals surface area contributed by atoms with Gasteiger partial charge in [0, 0.05) is 0 Å². The molecule has 13 heavy (non-hydrogen) atoms. The minimum atomic E-state index is -0.290. The van der Waals surface area contributed by atoms with Gasteiger partial charge in [-0.2, -0.15) is 0 Å². The minimum absolute atomic E-state index is 0.222. The van der Waals surface area contributed by atoms with Gasteiger partial charge in [-0.3, -0.25) is 4.79 Å². The Morgan fingerprint density at radius 1 is 1.62 bits per heavy atom. The summed E-state index contributed by atoms with van der Waals surface area (Å²) >= 11 is 0. The first-order chi connectivity index (χ1) is 6.26. The fraction of sp³-hybridized carbons (Fsp3) is 0.200. The van der Waals surface area contributed by atoms with Crippen molar-refractivity contribution in [3.8, 4) is 0 Å². The topological polar surface area (TPSA) is 30.7 Å². The number of carbonyl (C=O) groups excluding carboxylic acids is 1. The third kappa shape index (κ3) is 2.60. The number of hydrogen-bond donors (Lipinski definition) is 0. The molecule has 0 saturated carbocycles. The minimum Gasteiger partial charge on any atom is -0.469 e. The summed E-state index contributed by atoms with van der Waals surface area (Å²) in [4.78, 5) is 14.1. The van der Waals surface area contributed by atoms with Crippen LogP contribution in [-0.4, -0.2) is 13.1 Å². The van der Waals surface area contributed by atoms with E-state index in [1.165, 1.54) is 7.11 Å². The van der Waals surface area contributed by atoms with E-state index in [0.29, 0.717) is 5.69 Å². The maximum atomic E-state index is 10.9. The Morgan fingerprint density at radius 3 is 3.00 bits per heavy atom. The van der Waals surface area contributed by atoms with E-state index in [4.69, 9.17) is 6.57 Å². The van der Waals surface area contributed by atoms with E-state index in [2.05, 4.69) is 9.58 Å². The second-order valence-corrected chi connectivity index (χ2v) is 2.53. The van der Waals surface area contributed by atoms with Crippen LogP contribution >= 0.6 is 0 Å². The van der Waals surface area contributed by atoms with Gasteiger partial charge in [0.15, 0.2) is 5.69 Å². The Balaban J connectivity index is 2.79. The Labute approximate surface area is 76.8 Å². The first-order valence-electron chi connectivity index (χ1n) is 3.79. The average Bonchev–Trinajstić information content (AvgIpc) is 2.18. The lowest BCUT2D eigenvalue weighted by Crippen LogP contribution is -2.03. The summed E-state index contributed by atoms with van der Waals surface area (Å²) in [6.07, 6.45) is 0.222. The molecule has 1 aromatic carbocycles. The van der Waals surface area contributed by atoms with Gasteiger partial charge < -0.3 is 4.74 Å². The van der Waals surface area contributed by atoms with Crippen LogP contribution in [0.25, 0.3) is 4.85 Å². The molecule has 0 aliphatic carbocycles. The lowest BCUT2D eigenvalue weighted by atomic mass is 10.1. The molecular formula is C10H9NO2. The van der Waals surface area contributed by atoms with Crippen molar-refractivity contribution in [2.24, 2.45) is 0 Å². The monoisotopic (exact) mass is 175 g/mol. The van der Waals surface area contributed by atoms with Crippen LogP contribution in [0.5, 0.6) is 0 Å². The van der Waals surface area contributed by atoms with Crippen LogP contribution < -0.4 is 0 Å². The smallest absolute Gasteiger partial charge is 0.309 e. The highest BCUT2D eigenvalue weighted by Crippen LogP contribution is 2.14. The molecule has 0 saturated heterocycles. The zero-order chi connectivity index (χ0) is 9.68. The number of carbonyl (C=O) groups is 1. The molecule has 66 valence electrons. The molecule has 0 N–H and O–H groups in total. The van der Waals surface area contributed by atoms with Crippen LogP contribution in [-0.2, 0) is 16.0 Å². The molecule has 0 radical (unpaired) electrons. The number of ether oxygens (including phenoxy) is 1. The molecule has 0 heterocycles.